The Morgan fingerprint density at radius 2 is 1.68 bits per heavy atom. The predicted molar refractivity (Wildman–Crippen MR) is 108 cm³/mol. The van der Waals surface area contributed by atoms with Crippen molar-refractivity contribution in [3.05, 3.63) is 66.4 Å². The van der Waals surface area contributed by atoms with Crippen molar-refractivity contribution in [1.29, 1.82) is 0 Å². The summed E-state index contributed by atoms with van der Waals surface area (Å²) in [7, 11) is 4.69. The molecule has 1 aromatic heterocycles. The van der Waals surface area contributed by atoms with E-state index in [0.29, 0.717) is 22.9 Å². The van der Waals surface area contributed by atoms with E-state index >= 15 is 0 Å². The number of rotatable bonds is 7. The van der Waals surface area contributed by atoms with Gasteiger partial charge in [-0.05, 0) is 42.5 Å². The maximum Gasteiger partial charge on any atom is 0.256 e. The molecule has 0 atom stereocenters. The summed E-state index contributed by atoms with van der Waals surface area (Å²) in [5.74, 6) is 1.96. The second kappa shape index (κ2) is 8.77. The van der Waals surface area contributed by atoms with Crippen molar-refractivity contribution in [2.24, 2.45) is 0 Å². The first kappa shape index (κ1) is 19.0. The first-order valence-electron chi connectivity index (χ1n) is 8.53. The van der Waals surface area contributed by atoms with Crippen LogP contribution in [0.15, 0.2) is 60.8 Å². The zero-order chi connectivity index (χ0) is 19.9. The molecule has 0 saturated heterocycles. The maximum absolute atomic E-state index is 12.5. The number of amides is 1. The zero-order valence-electron chi connectivity index (χ0n) is 15.9. The first-order valence-corrected chi connectivity index (χ1v) is 8.53. The highest BCUT2D eigenvalue weighted by Gasteiger charge is 2.11. The lowest BCUT2D eigenvalue weighted by Crippen LogP contribution is -2.13. The largest absolute Gasteiger partial charge is 0.497 e. The first-order chi connectivity index (χ1) is 13.6. The fourth-order valence-electron chi connectivity index (χ4n) is 2.58. The number of hydrogen-bond acceptors (Lipinski definition) is 6. The van der Waals surface area contributed by atoms with Crippen molar-refractivity contribution in [3.63, 3.8) is 0 Å². The Labute approximate surface area is 163 Å². The zero-order valence-corrected chi connectivity index (χ0v) is 15.9. The fraction of sp³-hybridized carbons (Fsp3) is 0.143. The number of carbonyl (C=O) groups excluding carboxylic acids is 1. The van der Waals surface area contributed by atoms with Gasteiger partial charge in [0.25, 0.3) is 5.91 Å². The van der Waals surface area contributed by atoms with Gasteiger partial charge in [-0.15, -0.1) is 0 Å². The summed E-state index contributed by atoms with van der Waals surface area (Å²) in [6.07, 6.45) is 1.64. The summed E-state index contributed by atoms with van der Waals surface area (Å²) in [6, 6.07) is 16.1. The van der Waals surface area contributed by atoms with E-state index in [1.165, 1.54) is 7.11 Å². The van der Waals surface area contributed by atoms with Gasteiger partial charge in [0, 0.05) is 17.3 Å². The van der Waals surface area contributed by atoms with Gasteiger partial charge in [-0.25, -0.2) is 4.98 Å². The summed E-state index contributed by atoms with van der Waals surface area (Å²) in [6.45, 7) is 0. The van der Waals surface area contributed by atoms with Crippen LogP contribution in [0.2, 0.25) is 0 Å². The van der Waals surface area contributed by atoms with Crippen molar-refractivity contribution in [2.45, 2.75) is 0 Å². The summed E-state index contributed by atoms with van der Waals surface area (Å²) < 4.78 is 15.6. The molecule has 0 aliphatic rings. The molecule has 2 aromatic carbocycles. The van der Waals surface area contributed by atoms with Crippen LogP contribution in [0.1, 0.15) is 10.4 Å². The second-order valence-corrected chi connectivity index (χ2v) is 5.81. The molecule has 0 spiro atoms. The van der Waals surface area contributed by atoms with Gasteiger partial charge in [-0.3, -0.25) is 4.79 Å². The van der Waals surface area contributed by atoms with E-state index in [1.807, 2.05) is 30.3 Å². The highest BCUT2D eigenvalue weighted by atomic mass is 16.5. The van der Waals surface area contributed by atoms with Crippen molar-refractivity contribution >= 4 is 23.1 Å². The maximum atomic E-state index is 12.5. The van der Waals surface area contributed by atoms with E-state index in [9.17, 15) is 4.79 Å². The fourth-order valence-corrected chi connectivity index (χ4v) is 2.58. The van der Waals surface area contributed by atoms with Crippen LogP contribution in [0.3, 0.4) is 0 Å². The van der Waals surface area contributed by atoms with E-state index in [-0.39, 0.29) is 5.91 Å². The lowest BCUT2D eigenvalue weighted by molar-refractivity contribution is 0.102. The minimum absolute atomic E-state index is 0.290. The minimum atomic E-state index is -0.290. The Bertz CT molecular complexity index is 958. The summed E-state index contributed by atoms with van der Waals surface area (Å²) in [5.41, 5.74) is 2.11. The van der Waals surface area contributed by atoms with Gasteiger partial charge in [0.1, 0.15) is 11.6 Å². The van der Waals surface area contributed by atoms with Crippen LogP contribution in [0.4, 0.5) is 17.2 Å². The average Bonchev–Trinajstić information content (AvgIpc) is 2.74. The minimum Gasteiger partial charge on any atom is -0.497 e. The van der Waals surface area contributed by atoms with Crippen LogP contribution in [0.25, 0.3) is 0 Å². The number of hydrogen-bond donors (Lipinski definition) is 2. The molecule has 0 unspecified atom stereocenters. The quantitative estimate of drug-likeness (QED) is 0.643. The lowest BCUT2D eigenvalue weighted by atomic mass is 10.2. The molecule has 3 rings (SSSR count). The molecule has 28 heavy (non-hydrogen) atoms. The number of carbonyl (C=O) groups is 1. The normalized spacial score (nSPS) is 10.1. The Balaban J connectivity index is 1.67. The number of aromatic nitrogens is 1. The third kappa shape index (κ3) is 4.50. The number of nitrogens with zero attached hydrogens (tertiary/aromatic N) is 1. The van der Waals surface area contributed by atoms with Gasteiger partial charge in [0.05, 0.1) is 33.2 Å². The van der Waals surface area contributed by atoms with E-state index in [1.54, 1.807) is 44.7 Å². The van der Waals surface area contributed by atoms with Crippen LogP contribution in [0, 0.1) is 0 Å². The average molecular weight is 379 g/mol. The third-order valence-corrected chi connectivity index (χ3v) is 4.01. The Morgan fingerprint density at radius 1 is 0.857 bits per heavy atom. The molecule has 0 bridgehead atoms. The van der Waals surface area contributed by atoms with E-state index in [2.05, 4.69) is 15.6 Å². The van der Waals surface area contributed by atoms with E-state index < -0.39 is 0 Å². The number of pyridine rings is 1. The number of nitrogens with one attached hydrogen (secondary N) is 2. The van der Waals surface area contributed by atoms with Gasteiger partial charge in [-0.2, -0.15) is 0 Å². The SMILES string of the molecule is COc1cccc(Nc2ccc(NC(=O)c3ccc(OC)c(OC)c3)nc2)c1. The van der Waals surface area contributed by atoms with Crippen LogP contribution in [-0.2, 0) is 0 Å². The molecular weight excluding hydrogens is 358 g/mol. The van der Waals surface area contributed by atoms with Gasteiger partial charge in [-0.1, -0.05) is 6.07 Å². The Kier molecular flexibility index (Phi) is 5.96. The van der Waals surface area contributed by atoms with Crippen LogP contribution in [-0.4, -0.2) is 32.2 Å². The van der Waals surface area contributed by atoms with E-state index in [4.69, 9.17) is 14.2 Å². The molecule has 2 N–H and O–H groups in total. The van der Waals surface area contributed by atoms with Gasteiger partial charge in [0.2, 0.25) is 0 Å². The van der Waals surface area contributed by atoms with Crippen molar-refractivity contribution in [1.82, 2.24) is 4.98 Å². The van der Waals surface area contributed by atoms with Crippen molar-refractivity contribution < 1.29 is 19.0 Å². The smallest absolute Gasteiger partial charge is 0.256 e. The summed E-state index contributed by atoms with van der Waals surface area (Å²) >= 11 is 0. The number of ether oxygens (including phenoxy) is 3. The van der Waals surface area contributed by atoms with E-state index in [0.717, 1.165) is 17.1 Å². The number of benzene rings is 2. The van der Waals surface area contributed by atoms with Crippen LogP contribution < -0.4 is 24.8 Å². The number of anilines is 3. The summed E-state index contributed by atoms with van der Waals surface area (Å²) in [5, 5.41) is 6.00. The van der Waals surface area contributed by atoms with Crippen molar-refractivity contribution in [2.75, 3.05) is 32.0 Å². The number of methoxy groups -OCH3 is 3. The lowest BCUT2D eigenvalue weighted by Gasteiger charge is -2.11. The van der Waals surface area contributed by atoms with Crippen molar-refractivity contribution in [3.8, 4) is 17.2 Å². The molecule has 7 nitrogen and oxygen atoms in total. The molecule has 3 aromatic rings. The molecule has 144 valence electrons. The molecule has 0 fully saturated rings. The molecule has 0 saturated carbocycles. The molecule has 1 heterocycles. The Hall–Kier alpha value is -3.74. The monoisotopic (exact) mass is 379 g/mol. The highest BCUT2D eigenvalue weighted by molar-refractivity contribution is 6.04. The molecule has 0 radical (unpaired) electrons. The van der Waals surface area contributed by atoms with Crippen LogP contribution >= 0.6 is 0 Å². The molecule has 1 amide bonds. The predicted octanol–water partition coefficient (Wildman–Crippen LogP) is 4.10. The highest BCUT2D eigenvalue weighted by Crippen LogP contribution is 2.28. The Morgan fingerprint density at radius 3 is 2.36 bits per heavy atom. The van der Waals surface area contributed by atoms with Gasteiger partial charge in [0.15, 0.2) is 11.5 Å². The second-order valence-electron chi connectivity index (χ2n) is 5.81. The van der Waals surface area contributed by atoms with Gasteiger partial charge < -0.3 is 24.8 Å². The van der Waals surface area contributed by atoms with Gasteiger partial charge >= 0.3 is 0 Å². The standard InChI is InChI=1S/C21H21N3O4/c1-26-17-6-4-5-15(12-17)23-16-8-10-20(22-13-16)24-21(25)14-7-9-18(27-2)19(11-14)28-3/h4-13,23H,1-3H3,(H,22,24,25). The third-order valence-electron chi connectivity index (χ3n) is 4.01. The summed E-state index contributed by atoms with van der Waals surface area (Å²) in [4.78, 5) is 16.7. The van der Waals surface area contributed by atoms with Crippen LogP contribution in [0.5, 0.6) is 17.2 Å². The topological polar surface area (TPSA) is 81.7 Å². The molecule has 0 aliphatic carbocycles. The molecular formula is C21H21N3O4. The molecule has 7 heteroatoms. The molecule has 0 aliphatic heterocycles.